The second-order valence-corrected chi connectivity index (χ2v) is 4.58. The van der Waals surface area contributed by atoms with Crippen LogP contribution < -0.4 is 0 Å². The van der Waals surface area contributed by atoms with Crippen molar-refractivity contribution >= 4 is 0 Å². The summed E-state index contributed by atoms with van der Waals surface area (Å²) in [6.45, 7) is 13.2. The molecular weight excluding hydrogens is 144 g/mol. The average Bonchev–Trinajstić information content (AvgIpc) is 1.84. The largest absolute Gasteiger partial charge is 0.0654 e. The zero-order valence-electron chi connectivity index (χ0n) is 9.27. The average molecular weight is 169 g/mol. The van der Waals surface area contributed by atoms with Crippen LogP contribution in [0.4, 0.5) is 0 Å². The van der Waals surface area contributed by atoms with Gasteiger partial charge in [-0.05, 0) is 30.6 Å². The maximum absolute atomic E-state index is 4.03. The van der Waals surface area contributed by atoms with Crippen molar-refractivity contribution in [2.45, 2.75) is 53.4 Å². The Balaban J connectivity index is 3.46. The fourth-order valence-electron chi connectivity index (χ4n) is 2.08. The first-order valence-electron chi connectivity index (χ1n) is 5.39. The van der Waals surface area contributed by atoms with Crippen LogP contribution in [0.25, 0.3) is 0 Å². The van der Waals surface area contributed by atoms with Gasteiger partial charge < -0.3 is 0 Å². The molecule has 0 nitrogen and oxygen atoms in total. The van der Waals surface area contributed by atoms with Crippen LogP contribution in [0.15, 0.2) is 0 Å². The van der Waals surface area contributed by atoms with Gasteiger partial charge >= 0.3 is 0 Å². The molecule has 0 N–H and O–H groups in total. The van der Waals surface area contributed by atoms with Crippen molar-refractivity contribution in [3.8, 4) is 0 Å². The Labute approximate surface area is 78.8 Å². The van der Waals surface area contributed by atoms with E-state index in [1.54, 1.807) is 0 Å². The second kappa shape index (κ2) is 6.51. The molecule has 0 heterocycles. The van der Waals surface area contributed by atoms with Gasteiger partial charge in [-0.15, -0.1) is 0 Å². The highest BCUT2D eigenvalue weighted by Gasteiger charge is 2.09. The third-order valence-corrected chi connectivity index (χ3v) is 2.39. The number of hydrogen-bond acceptors (Lipinski definition) is 0. The third kappa shape index (κ3) is 6.69. The van der Waals surface area contributed by atoms with E-state index in [9.17, 15) is 0 Å². The molecule has 0 heteroatoms. The Hall–Kier alpha value is 0. The Morgan fingerprint density at radius 1 is 1.00 bits per heavy atom. The van der Waals surface area contributed by atoms with Crippen LogP contribution in [-0.4, -0.2) is 0 Å². The molecule has 0 saturated heterocycles. The molecule has 0 aromatic heterocycles. The van der Waals surface area contributed by atoms with E-state index >= 15 is 0 Å². The van der Waals surface area contributed by atoms with Crippen LogP contribution in [0.2, 0.25) is 0 Å². The predicted octanol–water partition coefficient (Wildman–Crippen LogP) is 4.31. The molecule has 0 fully saturated rings. The fraction of sp³-hybridized carbons (Fsp3) is 0.917. The van der Waals surface area contributed by atoms with Gasteiger partial charge in [-0.2, -0.15) is 0 Å². The van der Waals surface area contributed by atoms with Gasteiger partial charge in [0.25, 0.3) is 0 Å². The van der Waals surface area contributed by atoms with Gasteiger partial charge in [-0.25, -0.2) is 0 Å². The minimum Gasteiger partial charge on any atom is -0.0654 e. The van der Waals surface area contributed by atoms with Crippen molar-refractivity contribution in [3.05, 3.63) is 6.92 Å². The quantitative estimate of drug-likeness (QED) is 0.556. The summed E-state index contributed by atoms with van der Waals surface area (Å²) in [4.78, 5) is 0. The SMILES string of the molecule is [CH2]C(C)CC(C)CC(C)CCC. The summed E-state index contributed by atoms with van der Waals surface area (Å²) in [7, 11) is 0. The predicted molar refractivity (Wildman–Crippen MR) is 57.0 cm³/mol. The van der Waals surface area contributed by atoms with Crippen molar-refractivity contribution in [2.75, 3.05) is 0 Å². The molecule has 3 atom stereocenters. The molecule has 0 rings (SSSR count). The van der Waals surface area contributed by atoms with E-state index < -0.39 is 0 Å². The van der Waals surface area contributed by atoms with Gasteiger partial charge in [0.05, 0.1) is 0 Å². The molecule has 1 radical (unpaired) electrons. The molecular formula is C12H25. The van der Waals surface area contributed by atoms with Crippen molar-refractivity contribution < 1.29 is 0 Å². The lowest BCUT2D eigenvalue weighted by molar-refractivity contribution is 0.352. The monoisotopic (exact) mass is 169 g/mol. The van der Waals surface area contributed by atoms with Crippen molar-refractivity contribution in [1.29, 1.82) is 0 Å². The van der Waals surface area contributed by atoms with Crippen LogP contribution in [0, 0.1) is 24.7 Å². The highest BCUT2D eigenvalue weighted by molar-refractivity contribution is 4.64. The summed E-state index contributed by atoms with van der Waals surface area (Å²) in [5.74, 6) is 2.39. The summed E-state index contributed by atoms with van der Waals surface area (Å²) in [6.07, 6.45) is 5.38. The molecule has 73 valence electrons. The molecule has 0 aliphatic carbocycles. The summed E-state index contributed by atoms with van der Waals surface area (Å²) >= 11 is 0. The molecule has 0 aromatic rings. The molecule has 0 aliphatic heterocycles. The topological polar surface area (TPSA) is 0 Å². The van der Waals surface area contributed by atoms with Crippen molar-refractivity contribution in [3.63, 3.8) is 0 Å². The van der Waals surface area contributed by atoms with Crippen LogP contribution in [0.5, 0.6) is 0 Å². The summed E-state index contributed by atoms with van der Waals surface area (Å²) in [6, 6.07) is 0. The van der Waals surface area contributed by atoms with Gasteiger partial charge in [0.2, 0.25) is 0 Å². The maximum atomic E-state index is 4.03. The van der Waals surface area contributed by atoms with E-state index in [2.05, 4.69) is 34.6 Å². The van der Waals surface area contributed by atoms with Crippen molar-refractivity contribution in [1.82, 2.24) is 0 Å². The number of hydrogen-bond donors (Lipinski definition) is 0. The Kier molecular flexibility index (Phi) is 6.51. The molecule has 0 amide bonds. The van der Waals surface area contributed by atoms with Gasteiger partial charge in [0.15, 0.2) is 0 Å². The minimum absolute atomic E-state index is 0.619. The van der Waals surface area contributed by atoms with E-state index in [0.717, 1.165) is 11.8 Å². The zero-order chi connectivity index (χ0) is 9.56. The van der Waals surface area contributed by atoms with Gasteiger partial charge in [0.1, 0.15) is 0 Å². The first kappa shape index (κ1) is 12.0. The first-order chi connectivity index (χ1) is 5.56. The lowest BCUT2D eigenvalue weighted by Gasteiger charge is -2.18. The molecule has 0 aromatic carbocycles. The van der Waals surface area contributed by atoms with Crippen LogP contribution >= 0.6 is 0 Å². The molecule has 12 heavy (non-hydrogen) atoms. The van der Waals surface area contributed by atoms with Crippen LogP contribution in [-0.2, 0) is 0 Å². The third-order valence-electron chi connectivity index (χ3n) is 2.39. The maximum Gasteiger partial charge on any atom is -0.0438 e. The highest BCUT2D eigenvalue weighted by atomic mass is 14.1. The first-order valence-corrected chi connectivity index (χ1v) is 5.39. The van der Waals surface area contributed by atoms with E-state index in [1.807, 2.05) is 0 Å². The highest BCUT2D eigenvalue weighted by Crippen LogP contribution is 2.21. The number of rotatable bonds is 6. The Morgan fingerprint density at radius 3 is 2.00 bits per heavy atom. The molecule has 0 bridgehead atoms. The normalized spacial score (nSPS) is 16.5. The van der Waals surface area contributed by atoms with Crippen LogP contribution in [0.1, 0.15) is 53.4 Å². The van der Waals surface area contributed by atoms with Gasteiger partial charge in [0, 0.05) is 0 Å². The van der Waals surface area contributed by atoms with Crippen molar-refractivity contribution in [2.24, 2.45) is 17.8 Å². The molecule has 3 unspecified atom stereocenters. The lowest BCUT2D eigenvalue weighted by Crippen LogP contribution is -2.05. The smallest absolute Gasteiger partial charge is 0.0438 e. The lowest BCUT2D eigenvalue weighted by atomic mass is 9.88. The van der Waals surface area contributed by atoms with E-state index in [0.29, 0.717) is 5.92 Å². The van der Waals surface area contributed by atoms with Gasteiger partial charge in [-0.3, -0.25) is 0 Å². The Morgan fingerprint density at radius 2 is 1.58 bits per heavy atom. The summed E-state index contributed by atoms with van der Waals surface area (Å²) < 4.78 is 0. The van der Waals surface area contributed by atoms with E-state index in [-0.39, 0.29) is 0 Å². The Bertz CT molecular complexity index is 94.2. The van der Waals surface area contributed by atoms with Gasteiger partial charge in [-0.1, -0.05) is 47.5 Å². The molecule has 0 saturated carbocycles. The van der Waals surface area contributed by atoms with Crippen LogP contribution in [0.3, 0.4) is 0 Å². The summed E-state index contributed by atoms with van der Waals surface area (Å²) in [5.41, 5.74) is 0. The molecule has 0 aliphatic rings. The summed E-state index contributed by atoms with van der Waals surface area (Å²) in [5, 5.41) is 0. The molecule has 0 spiro atoms. The fourth-order valence-corrected chi connectivity index (χ4v) is 2.08. The standard InChI is InChI=1S/C12H25/c1-6-7-11(4)9-12(5)8-10(2)3/h10-12H,2,6-9H2,1,3-5H3. The minimum atomic E-state index is 0.619. The second-order valence-electron chi connectivity index (χ2n) is 4.58. The van der Waals surface area contributed by atoms with E-state index in [4.69, 9.17) is 0 Å². The zero-order valence-corrected chi connectivity index (χ0v) is 9.27. The van der Waals surface area contributed by atoms with E-state index in [1.165, 1.54) is 25.7 Å².